The fraction of sp³-hybridized carbons (Fsp3) is 0.0667. The number of rotatable bonds is 1. The predicted molar refractivity (Wildman–Crippen MR) is 64.5 cm³/mol. The lowest BCUT2D eigenvalue weighted by Crippen LogP contribution is -1.84. The molecule has 0 bridgehead atoms. The van der Waals surface area contributed by atoms with Crippen LogP contribution in [0.5, 0.6) is 0 Å². The highest BCUT2D eigenvalue weighted by molar-refractivity contribution is 5.66. The Bertz CT molecular complexity index is 562. The van der Waals surface area contributed by atoms with Crippen molar-refractivity contribution in [2.24, 2.45) is 0 Å². The first kappa shape index (κ1) is 10.4. The summed E-state index contributed by atoms with van der Waals surface area (Å²) in [5.74, 6) is 2.36. The maximum absolute atomic E-state index is 13.1. The summed E-state index contributed by atoms with van der Waals surface area (Å²) in [5, 5.41) is 0. The third-order valence-corrected chi connectivity index (χ3v) is 2.40. The minimum Gasteiger partial charge on any atom is -0.207 e. The van der Waals surface area contributed by atoms with Crippen LogP contribution in [0.2, 0.25) is 0 Å². The summed E-state index contributed by atoms with van der Waals surface area (Å²) in [4.78, 5) is 0. The summed E-state index contributed by atoms with van der Waals surface area (Å²) in [6, 6.07) is 12.3. The molecule has 0 aliphatic heterocycles. The molecule has 78 valence electrons. The van der Waals surface area contributed by atoms with Gasteiger partial charge in [0.1, 0.15) is 5.82 Å². The summed E-state index contributed by atoms with van der Waals surface area (Å²) >= 11 is 0. The predicted octanol–water partition coefficient (Wildman–Crippen LogP) is 3.78. The maximum atomic E-state index is 13.1. The number of hydrogen-bond donors (Lipinski definition) is 0. The van der Waals surface area contributed by atoms with Gasteiger partial charge in [0.05, 0.1) is 0 Å². The number of halogens is 1. The third kappa shape index (κ3) is 2.12. The lowest BCUT2D eigenvalue weighted by molar-refractivity contribution is 0.628. The monoisotopic (exact) mass is 210 g/mol. The highest BCUT2D eigenvalue weighted by Crippen LogP contribution is 2.22. The molecule has 0 nitrogen and oxygen atoms in total. The molecule has 0 saturated heterocycles. The summed E-state index contributed by atoms with van der Waals surface area (Å²) < 4.78 is 13.1. The van der Waals surface area contributed by atoms with E-state index in [1.54, 1.807) is 6.07 Å². The van der Waals surface area contributed by atoms with Gasteiger partial charge in [0.25, 0.3) is 0 Å². The molecule has 0 radical (unpaired) electrons. The Morgan fingerprint density at radius 2 is 1.88 bits per heavy atom. The first-order chi connectivity index (χ1) is 7.69. The zero-order valence-electron chi connectivity index (χ0n) is 9.00. The summed E-state index contributed by atoms with van der Waals surface area (Å²) in [6.07, 6.45) is 5.37. The highest BCUT2D eigenvalue weighted by Gasteiger charge is 2.01. The SMILES string of the molecule is C#Cc1cc(C)cc(-c2cccc(F)c2)c1. The van der Waals surface area contributed by atoms with Crippen molar-refractivity contribution < 1.29 is 4.39 Å². The molecule has 0 unspecified atom stereocenters. The molecule has 0 fully saturated rings. The topological polar surface area (TPSA) is 0 Å². The fourth-order valence-electron chi connectivity index (χ4n) is 1.70. The van der Waals surface area contributed by atoms with E-state index >= 15 is 0 Å². The number of aryl methyl sites for hydroxylation is 1. The number of terminal acetylenes is 1. The molecule has 2 aromatic rings. The second-order valence-corrected chi connectivity index (χ2v) is 3.74. The Morgan fingerprint density at radius 1 is 1.06 bits per heavy atom. The standard InChI is InChI=1S/C15H11F/c1-3-12-7-11(2)8-14(9-12)13-5-4-6-15(16)10-13/h1,4-10H,2H3. The van der Waals surface area contributed by atoms with Gasteiger partial charge in [0.15, 0.2) is 0 Å². The molecule has 0 amide bonds. The van der Waals surface area contributed by atoms with Gasteiger partial charge < -0.3 is 0 Å². The molecule has 0 heterocycles. The molecule has 0 aliphatic rings. The Morgan fingerprint density at radius 3 is 2.56 bits per heavy atom. The van der Waals surface area contributed by atoms with Crippen molar-refractivity contribution in [2.75, 3.05) is 0 Å². The maximum Gasteiger partial charge on any atom is 0.123 e. The zero-order valence-corrected chi connectivity index (χ0v) is 9.00. The molecule has 0 spiro atoms. The van der Waals surface area contributed by atoms with Gasteiger partial charge in [-0.2, -0.15) is 0 Å². The van der Waals surface area contributed by atoms with Gasteiger partial charge in [0, 0.05) is 5.56 Å². The first-order valence-electron chi connectivity index (χ1n) is 5.03. The molecule has 0 aromatic heterocycles. The van der Waals surface area contributed by atoms with Gasteiger partial charge in [-0.25, -0.2) is 4.39 Å². The molecule has 2 aromatic carbocycles. The van der Waals surface area contributed by atoms with Gasteiger partial charge in [-0.05, 0) is 47.9 Å². The van der Waals surface area contributed by atoms with Crippen molar-refractivity contribution in [3.8, 4) is 23.5 Å². The first-order valence-corrected chi connectivity index (χ1v) is 5.03. The van der Waals surface area contributed by atoms with E-state index in [1.165, 1.54) is 12.1 Å². The summed E-state index contributed by atoms with van der Waals surface area (Å²) in [7, 11) is 0. The zero-order chi connectivity index (χ0) is 11.5. The van der Waals surface area contributed by atoms with Crippen LogP contribution in [0.15, 0.2) is 42.5 Å². The third-order valence-electron chi connectivity index (χ3n) is 2.40. The van der Waals surface area contributed by atoms with Crippen molar-refractivity contribution in [2.45, 2.75) is 6.92 Å². The van der Waals surface area contributed by atoms with Crippen molar-refractivity contribution in [3.63, 3.8) is 0 Å². The van der Waals surface area contributed by atoms with E-state index in [2.05, 4.69) is 5.92 Å². The van der Waals surface area contributed by atoms with Crippen LogP contribution < -0.4 is 0 Å². The molecular weight excluding hydrogens is 199 g/mol. The van der Waals surface area contributed by atoms with Gasteiger partial charge in [-0.1, -0.05) is 24.1 Å². The molecule has 1 heteroatoms. The largest absolute Gasteiger partial charge is 0.207 e. The van der Waals surface area contributed by atoms with Gasteiger partial charge in [0.2, 0.25) is 0 Å². The van der Waals surface area contributed by atoms with Crippen LogP contribution in [0.1, 0.15) is 11.1 Å². The Kier molecular flexibility index (Phi) is 2.74. The Labute approximate surface area is 94.7 Å². The molecule has 16 heavy (non-hydrogen) atoms. The quantitative estimate of drug-likeness (QED) is 0.628. The van der Waals surface area contributed by atoms with Crippen molar-refractivity contribution in [1.82, 2.24) is 0 Å². The van der Waals surface area contributed by atoms with Gasteiger partial charge in [-0.15, -0.1) is 6.42 Å². The minimum absolute atomic E-state index is 0.235. The summed E-state index contributed by atoms with van der Waals surface area (Å²) in [5.41, 5.74) is 3.70. The van der Waals surface area contributed by atoms with Crippen LogP contribution in [0.3, 0.4) is 0 Å². The lowest BCUT2D eigenvalue weighted by Gasteiger charge is -2.04. The molecule has 0 saturated carbocycles. The van der Waals surface area contributed by atoms with E-state index < -0.39 is 0 Å². The molecule has 2 rings (SSSR count). The van der Waals surface area contributed by atoms with Crippen molar-refractivity contribution in [1.29, 1.82) is 0 Å². The van der Waals surface area contributed by atoms with E-state index in [0.717, 1.165) is 22.3 Å². The average molecular weight is 210 g/mol. The van der Waals surface area contributed by atoms with E-state index in [1.807, 2.05) is 31.2 Å². The van der Waals surface area contributed by atoms with Crippen LogP contribution in [0, 0.1) is 25.1 Å². The van der Waals surface area contributed by atoms with Gasteiger partial charge >= 0.3 is 0 Å². The Hall–Kier alpha value is -2.07. The smallest absolute Gasteiger partial charge is 0.123 e. The van der Waals surface area contributed by atoms with Gasteiger partial charge in [-0.3, -0.25) is 0 Å². The van der Waals surface area contributed by atoms with E-state index in [0.29, 0.717) is 0 Å². The molecule has 0 atom stereocenters. The second kappa shape index (κ2) is 4.20. The van der Waals surface area contributed by atoms with Crippen LogP contribution in [0.25, 0.3) is 11.1 Å². The van der Waals surface area contributed by atoms with Crippen LogP contribution in [-0.4, -0.2) is 0 Å². The van der Waals surface area contributed by atoms with Crippen molar-refractivity contribution in [3.05, 3.63) is 59.4 Å². The number of hydrogen-bond acceptors (Lipinski definition) is 0. The molecule has 0 N–H and O–H groups in total. The second-order valence-electron chi connectivity index (χ2n) is 3.74. The minimum atomic E-state index is -0.235. The van der Waals surface area contributed by atoms with E-state index in [-0.39, 0.29) is 5.82 Å². The molecular formula is C15H11F. The van der Waals surface area contributed by atoms with E-state index in [4.69, 9.17) is 6.42 Å². The van der Waals surface area contributed by atoms with Crippen molar-refractivity contribution >= 4 is 0 Å². The van der Waals surface area contributed by atoms with Crippen LogP contribution in [-0.2, 0) is 0 Å². The normalized spacial score (nSPS) is 9.81. The van der Waals surface area contributed by atoms with Crippen LogP contribution in [0.4, 0.5) is 4.39 Å². The van der Waals surface area contributed by atoms with E-state index in [9.17, 15) is 4.39 Å². The summed E-state index contributed by atoms with van der Waals surface area (Å²) in [6.45, 7) is 1.98. The lowest BCUT2D eigenvalue weighted by atomic mass is 10.0. The average Bonchev–Trinajstić information content (AvgIpc) is 2.28. The fourth-order valence-corrected chi connectivity index (χ4v) is 1.70. The number of benzene rings is 2. The highest BCUT2D eigenvalue weighted by atomic mass is 19.1. The molecule has 0 aliphatic carbocycles. The van der Waals surface area contributed by atoms with Crippen LogP contribution >= 0.6 is 0 Å². The Balaban J connectivity index is 2.56.